The lowest BCUT2D eigenvalue weighted by atomic mass is 10.0. The number of likely N-dealkylation sites (N-methyl/N-ethyl adjacent to an activating group) is 1. The Labute approximate surface area is 271 Å². The maximum absolute atomic E-state index is 13.5. The number of ether oxygens (including phenoxy) is 1. The van der Waals surface area contributed by atoms with Crippen molar-refractivity contribution in [1.82, 2.24) is 29.0 Å². The first kappa shape index (κ1) is 31.0. The van der Waals surface area contributed by atoms with Crippen LogP contribution in [0.4, 0.5) is 20.3 Å². The number of halogens is 3. The van der Waals surface area contributed by atoms with Crippen molar-refractivity contribution in [2.24, 2.45) is 0 Å². The summed E-state index contributed by atoms with van der Waals surface area (Å²) < 4.78 is 60.0. The van der Waals surface area contributed by atoms with Gasteiger partial charge in [-0.05, 0) is 63.2 Å². The van der Waals surface area contributed by atoms with Crippen molar-refractivity contribution < 1.29 is 21.9 Å². The molecule has 5 heterocycles. The van der Waals surface area contributed by atoms with Gasteiger partial charge in [0, 0.05) is 42.3 Å². The lowest BCUT2D eigenvalue weighted by molar-refractivity contribution is 0.140. The minimum absolute atomic E-state index is 0.128. The molecule has 244 valence electrons. The number of nitrogens with zero attached hydrogens (tertiary/aromatic N) is 8. The van der Waals surface area contributed by atoms with Crippen LogP contribution in [0, 0.1) is 0 Å². The minimum Gasteiger partial charge on any atom is -0.462 e. The highest BCUT2D eigenvalue weighted by atomic mass is 35.5. The second-order valence-electron chi connectivity index (χ2n) is 12.2. The molecule has 0 radical (unpaired) electrons. The van der Waals surface area contributed by atoms with Crippen LogP contribution in [0.1, 0.15) is 49.2 Å². The quantitative estimate of drug-likeness (QED) is 0.261. The zero-order valence-electron chi connectivity index (χ0n) is 25.4. The van der Waals surface area contributed by atoms with Gasteiger partial charge in [-0.25, -0.2) is 22.2 Å². The molecule has 2 aromatic heterocycles. The molecule has 3 aliphatic heterocycles. The third-order valence-corrected chi connectivity index (χ3v) is 11.6. The van der Waals surface area contributed by atoms with E-state index in [4.69, 9.17) is 26.3 Å². The highest BCUT2D eigenvalue weighted by molar-refractivity contribution is 7.90. The van der Waals surface area contributed by atoms with Crippen molar-refractivity contribution in [3.63, 3.8) is 0 Å². The largest absolute Gasteiger partial charge is 0.462 e. The van der Waals surface area contributed by atoms with Gasteiger partial charge in [-0.15, -0.1) is 9.19 Å². The lowest BCUT2D eigenvalue weighted by Gasteiger charge is -2.37. The summed E-state index contributed by atoms with van der Waals surface area (Å²) in [5.41, 5.74) is 2.79. The molecule has 11 nitrogen and oxygen atoms in total. The van der Waals surface area contributed by atoms with Gasteiger partial charge in [-0.2, -0.15) is 9.97 Å². The number of rotatable bonds is 8. The Bertz CT molecular complexity index is 1850. The molecule has 2 aromatic carbocycles. The lowest BCUT2D eigenvalue weighted by Crippen LogP contribution is -2.45. The normalized spacial score (nSPS) is 20.9. The van der Waals surface area contributed by atoms with Crippen LogP contribution in [-0.2, 0) is 23.0 Å². The second-order valence-corrected chi connectivity index (χ2v) is 14.6. The van der Waals surface area contributed by atoms with Crippen LogP contribution < -0.4 is 14.5 Å². The third-order valence-electron chi connectivity index (χ3n) is 9.32. The van der Waals surface area contributed by atoms with Crippen LogP contribution in [0.15, 0.2) is 42.7 Å². The van der Waals surface area contributed by atoms with E-state index in [1.54, 1.807) is 0 Å². The van der Waals surface area contributed by atoms with Gasteiger partial charge >= 0.3 is 6.01 Å². The average molecular weight is 673 g/mol. The van der Waals surface area contributed by atoms with Gasteiger partial charge in [0.05, 0.1) is 22.5 Å². The Kier molecular flexibility index (Phi) is 8.45. The number of likely N-dealkylation sites (tertiary alicyclic amines) is 1. The summed E-state index contributed by atoms with van der Waals surface area (Å²) in [5.74, 6) is -0.157. The molecule has 0 amide bonds. The highest BCUT2D eigenvalue weighted by Gasteiger charge is 2.36. The van der Waals surface area contributed by atoms with Crippen LogP contribution in [0.3, 0.4) is 0 Å². The average Bonchev–Trinajstić information content (AvgIpc) is 3.73. The Morgan fingerprint density at radius 1 is 1.04 bits per heavy atom. The molecule has 0 bridgehead atoms. The molecular formula is C31H35ClF2N8O3S. The SMILES string of the molecule is CN1CCC[C@H]1COc1nc2c(c(N3CCCC(S(=O)(=O)n4cnc(C(F)F)n4)C3)n1)CCN(c1cccc3cccc(Cl)c13)C2. The fraction of sp³-hybridized carbons (Fsp3) is 0.484. The van der Waals surface area contributed by atoms with Crippen LogP contribution in [-0.4, -0.2) is 88.6 Å². The molecule has 4 aromatic rings. The van der Waals surface area contributed by atoms with E-state index in [2.05, 4.69) is 33.0 Å². The summed E-state index contributed by atoms with van der Waals surface area (Å²) in [6.45, 7) is 3.37. The van der Waals surface area contributed by atoms with Crippen LogP contribution in [0.2, 0.25) is 5.02 Å². The number of benzene rings is 2. The van der Waals surface area contributed by atoms with E-state index in [1.807, 2.05) is 35.2 Å². The summed E-state index contributed by atoms with van der Waals surface area (Å²) in [7, 11) is -1.99. The van der Waals surface area contributed by atoms with Crippen LogP contribution in [0.25, 0.3) is 10.8 Å². The van der Waals surface area contributed by atoms with E-state index >= 15 is 0 Å². The van der Waals surface area contributed by atoms with E-state index in [0.29, 0.717) is 60.4 Å². The molecule has 2 atom stereocenters. The number of aromatic nitrogens is 5. The number of alkyl halides is 2. The Morgan fingerprint density at radius 2 is 1.85 bits per heavy atom. The van der Waals surface area contributed by atoms with E-state index in [9.17, 15) is 17.2 Å². The zero-order valence-corrected chi connectivity index (χ0v) is 27.0. The first-order chi connectivity index (χ1) is 22.2. The molecule has 1 unspecified atom stereocenters. The Morgan fingerprint density at radius 3 is 2.61 bits per heavy atom. The number of piperidine rings is 1. The predicted molar refractivity (Wildman–Crippen MR) is 171 cm³/mol. The van der Waals surface area contributed by atoms with Gasteiger partial charge < -0.3 is 19.4 Å². The number of hydrogen-bond donors (Lipinski definition) is 0. The molecular weight excluding hydrogens is 638 g/mol. The molecule has 0 N–H and O–H groups in total. The smallest absolute Gasteiger partial charge is 0.318 e. The van der Waals surface area contributed by atoms with Crippen molar-refractivity contribution in [2.45, 2.75) is 56.4 Å². The van der Waals surface area contributed by atoms with E-state index in [0.717, 1.165) is 53.4 Å². The summed E-state index contributed by atoms with van der Waals surface area (Å²) in [5, 5.41) is 5.39. The van der Waals surface area contributed by atoms with E-state index in [1.165, 1.54) is 0 Å². The van der Waals surface area contributed by atoms with Gasteiger partial charge in [-0.3, -0.25) is 0 Å². The number of fused-ring (bicyclic) bond motifs is 2. The Balaban J connectivity index is 1.21. The molecule has 7 rings (SSSR count). The van der Waals surface area contributed by atoms with Crippen molar-refractivity contribution >= 4 is 43.9 Å². The summed E-state index contributed by atoms with van der Waals surface area (Å²) in [4.78, 5) is 19.8. The molecule has 46 heavy (non-hydrogen) atoms. The summed E-state index contributed by atoms with van der Waals surface area (Å²) >= 11 is 6.68. The third kappa shape index (κ3) is 5.86. The van der Waals surface area contributed by atoms with Crippen LogP contribution in [0.5, 0.6) is 6.01 Å². The van der Waals surface area contributed by atoms with Gasteiger partial charge in [0.2, 0.25) is 5.82 Å². The van der Waals surface area contributed by atoms with E-state index < -0.39 is 27.5 Å². The van der Waals surface area contributed by atoms with Crippen molar-refractivity contribution in [2.75, 3.05) is 49.6 Å². The molecule has 0 spiro atoms. The highest BCUT2D eigenvalue weighted by Crippen LogP contribution is 2.37. The first-order valence-electron chi connectivity index (χ1n) is 15.5. The second kappa shape index (κ2) is 12.5. The van der Waals surface area contributed by atoms with Gasteiger partial charge in [0.15, 0.2) is 0 Å². The maximum Gasteiger partial charge on any atom is 0.318 e. The van der Waals surface area contributed by atoms with Gasteiger partial charge in [-0.1, -0.05) is 35.9 Å². The fourth-order valence-electron chi connectivity index (χ4n) is 6.83. The van der Waals surface area contributed by atoms with E-state index in [-0.39, 0.29) is 18.6 Å². The fourth-order valence-corrected chi connectivity index (χ4v) is 8.62. The Hall–Kier alpha value is -3.62. The van der Waals surface area contributed by atoms with Gasteiger partial charge in [0.1, 0.15) is 18.8 Å². The molecule has 3 aliphatic rings. The molecule has 0 saturated carbocycles. The topological polar surface area (TPSA) is 110 Å². The molecule has 2 saturated heterocycles. The van der Waals surface area contributed by atoms with Crippen molar-refractivity contribution in [1.29, 1.82) is 0 Å². The first-order valence-corrected chi connectivity index (χ1v) is 17.4. The predicted octanol–water partition coefficient (Wildman–Crippen LogP) is 4.69. The standard InChI is InChI=1S/C31H35ClF2N8O3S/c1-39-13-4-8-21(39)18-45-31-36-25-17-40(26-11-3-7-20-6-2-10-24(32)27(20)26)15-12-23(25)30(37-31)41-14-5-9-22(16-41)46(43,44)42-19-35-29(38-42)28(33)34/h2-3,6-7,10-11,19,21-22,28H,4-5,8-9,12-18H2,1H3/t21-,22?/m0/s1. The van der Waals surface area contributed by atoms with Crippen molar-refractivity contribution in [3.8, 4) is 6.01 Å². The molecule has 2 fully saturated rings. The minimum atomic E-state index is -4.08. The monoisotopic (exact) mass is 672 g/mol. The van der Waals surface area contributed by atoms with Crippen molar-refractivity contribution in [3.05, 3.63) is 64.8 Å². The zero-order chi connectivity index (χ0) is 32.0. The van der Waals surface area contributed by atoms with Gasteiger partial charge in [0.25, 0.3) is 16.4 Å². The molecule has 0 aliphatic carbocycles. The maximum atomic E-state index is 13.5. The molecule has 15 heteroatoms. The number of anilines is 2. The number of hydrogen-bond acceptors (Lipinski definition) is 10. The summed E-state index contributed by atoms with van der Waals surface area (Å²) in [6.07, 6.45) is 1.60. The summed E-state index contributed by atoms with van der Waals surface area (Å²) in [6, 6.07) is 12.5. The van der Waals surface area contributed by atoms with Crippen LogP contribution >= 0.6 is 11.6 Å².